The highest BCUT2D eigenvalue weighted by atomic mass is 32.2. The molecular weight excluding hydrogens is 408 g/mol. The topological polar surface area (TPSA) is 103 Å². The first-order valence-corrected chi connectivity index (χ1v) is 11.4. The molecule has 1 saturated heterocycles. The smallest absolute Gasteiger partial charge is 0.244 e. The Balaban J connectivity index is 1.61. The van der Waals surface area contributed by atoms with Crippen LogP contribution in [0.5, 0.6) is 17.4 Å². The molecular formula is C20H28N4O5S. The fourth-order valence-electron chi connectivity index (χ4n) is 3.29. The van der Waals surface area contributed by atoms with Crippen molar-refractivity contribution in [2.24, 2.45) is 0 Å². The summed E-state index contributed by atoms with van der Waals surface area (Å²) in [7, 11) is -0.908. The highest BCUT2D eigenvalue weighted by molar-refractivity contribution is 7.89. The van der Waals surface area contributed by atoms with Gasteiger partial charge in [-0.1, -0.05) is 0 Å². The average molecular weight is 437 g/mol. The third-order valence-corrected chi connectivity index (χ3v) is 6.27. The lowest BCUT2D eigenvalue weighted by atomic mass is 10.1. The van der Waals surface area contributed by atoms with Gasteiger partial charge in [-0.2, -0.15) is 4.98 Å². The summed E-state index contributed by atoms with van der Waals surface area (Å²) in [5.41, 5.74) is 0. The zero-order chi connectivity index (χ0) is 21.6. The van der Waals surface area contributed by atoms with Crippen molar-refractivity contribution >= 4 is 15.8 Å². The Morgan fingerprint density at radius 2 is 1.83 bits per heavy atom. The van der Waals surface area contributed by atoms with E-state index in [1.165, 1.54) is 26.7 Å². The van der Waals surface area contributed by atoms with Gasteiger partial charge in [-0.3, -0.25) is 0 Å². The summed E-state index contributed by atoms with van der Waals surface area (Å²) in [6.45, 7) is 3.96. The number of rotatable bonds is 9. The van der Waals surface area contributed by atoms with Gasteiger partial charge in [-0.15, -0.1) is 0 Å². The highest BCUT2D eigenvalue weighted by Crippen LogP contribution is 2.28. The number of aryl methyl sites for hydroxylation is 1. The molecule has 0 saturated carbocycles. The second-order valence-electron chi connectivity index (χ2n) is 6.92. The van der Waals surface area contributed by atoms with Crippen molar-refractivity contribution in [3.05, 3.63) is 30.1 Å². The van der Waals surface area contributed by atoms with Crippen LogP contribution in [0, 0.1) is 6.92 Å². The van der Waals surface area contributed by atoms with Crippen molar-refractivity contribution in [2.45, 2.75) is 31.1 Å². The lowest BCUT2D eigenvalue weighted by molar-refractivity contribution is 0.309. The van der Waals surface area contributed by atoms with E-state index in [1.807, 2.05) is 6.92 Å². The maximum absolute atomic E-state index is 12.7. The summed E-state index contributed by atoms with van der Waals surface area (Å²) in [6.07, 6.45) is 3.53. The van der Waals surface area contributed by atoms with Crippen molar-refractivity contribution in [1.29, 1.82) is 0 Å². The zero-order valence-electron chi connectivity index (χ0n) is 17.6. The monoisotopic (exact) mass is 436 g/mol. The molecule has 1 N–H and O–H groups in total. The van der Waals surface area contributed by atoms with E-state index in [-0.39, 0.29) is 23.8 Å². The largest absolute Gasteiger partial charge is 0.497 e. The van der Waals surface area contributed by atoms with Crippen LogP contribution in [-0.4, -0.2) is 58.8 Å². The maximum atomic E-state index is 12.7. The molecule has 1 aromatic heterocycles. The second-order valence-corrected chi connectivity index (χ2v) is 8.66. The maximum Gasteiger partial charge on any atom is 0.244 e. The van der Waals surface area contributed by atoms with E-state index in [4.69, 9.17) is 14.2 Å². The lowest BCUT2D eigenvalue weighted by Gasteiger charge is -2.28. The quantitative estimate of drug-likeness (QED) is 0.597. The van der Waals surface area contributed by atoms with Crippen LogP contribution < -0.4 is 23.8 Å². The molecule has 164 valence electrons. The van der Waals surface area contributed by atoms with Crippen molar-refractivity contribution < 1.29 is 22.6 Å². The fourth-order valence-corrected chi connectivity index (χ4v) is 4.48. The number of hydrogen-bond acceptors (Lipinski definition) is 8. The Morgan fingerprint density at radius 3 is 2.53 bits per heavy atom. The van der Waals surface area contributed by atoms with Crippen LogP contribution in [0.4, 0.5) is 5.82 Å². The van der Waals surface area contributed by atoms with Gasteiger partial charge in [0, 0.05) is 31.8 Å². The summed E-state index contributed by atoms with van der Waals surface area (Å²) < 4.78 is 43.8. The van der Waals surface area contributed by atoms with E-state index < -0.39 is 10.0 Å². The third kappa shape index (κ3) is 5.51. The molecule has 1 aromatic carbocycles. The minimum Gasteiger partial charge on any atom is -0.497 e. The number of piperidine rings is 1. The Kier molecular flexibility index (Phi) is 7.33. The Labute approximate surface area is 177 Å². The number of anilines is 1. The number of hydrogen-bond donors (Lipinski definition) is 1. The van der Waals surface area contributed by atoms with E-state index in [0.29, 0.717) is 17.5 Å². The van der Waals surface area contributed by atoms with E-state index in [0.717, 1.165) is 31.7 Å². The van der Waals surface area contributed by atoms with Crippen LogP contribution in [0.25, 0.3) is 0 Å². The normalized spacial score (nSPS) is 14.4. The number of nitrogens with one attached hydrogen (secondary N) is 1. The molecule has 10 heteroatoms. The first kappa shape index (κ1) is 22.1. The SMILES string of the molecule is COc1ccc(OC)c(S(=O)(=O)NCCOc2cc(N3CCCCC3)nc(C)n2)c1. The number of sulfonamides is 1. The summed E-state index contributed by atoms with van der Waals surface area (Å²) in [5.74, 6) is 2.56. The fraction of sp³-hybridized carbons (Fsp3) is 0.500. The van der Waals surface area contributed by atoms with Crippen molar-refractivity contribution in [2.75, 3.05) is 45.4 Å². The van der Waals surface area contributed by atoms with Gasteiger partial charge in [-0.05, 0) is 38.3 Å². The molecule has 9 nitrogen and oxygen atoms in total. The van der Waals surface area contributed by atoms with Crippen molar-refractivity contribution in [1.82, 2.24) is 14.7 Å². The van der Waals surface area contributed by atoms with Crippen molar-refractivity contribution in [3.63, 3.8) is 0 Å². The molecule has 3 rings (SSSR count). The predicted molar refractivity (Wildman–Crippen MR) is 113 cm³/mol. The molecule has 1 aliphatic heterocycles. The molecule has 30 heavy (non-hydrogen) atoms. The molecule has 0 atom stereocenters. The molecule has 0 amide bonds. The third-order valence-electron chi connectivity index (χ3n) is 4.79. The van der Waals surface area contributed by atoms with Crippen LogP contribution in [0.1, 0.15) is 25.1 Å². The molecule has 0 spiro atoms. The highest BCUT2D eigenvalue weighted by Gasteiger charge is 2.20. The molecule has 2 heterocycles. The Morgan fingerprint density at radius 1 is 1.07 bits per heavy atom. The number of nitrogens with zero attached hydrogens (tertiary/aromatic N) is 3. The van der Waals surface area contributed by atoms with E-state index >= 15 is 0 Å². The summed E-state index contributed by atoms with van der Waals surface area (Å²) in [4.78, 5) is 11.0. The molecule has 0 aliphatic carbocycles. The zero-order valence-corrected chi connectivity index (χ0v) is 18.4. The average Bonchev–Trinajstić information content (AvgIpc) is 2.76. The van der Waals surface area contributed by atoms with Gasteiger partial charge in [0.1, 0.15) is 34.6 Å². The van der Waals surface area contributed by atoms with Gasteiger partial charge in [0.15, 0.2) is 0 Å². The van der Waals surface area contributed by atoms with Gasteiger partial charge >= 0.3 is 0 Å². The van der Waals surface area contributed by atoms with Crippen LogP contribution in [0.2, 0.25) is 0 Å². The minimum atomic E-state index is -3.80. The minimum absolute atomic E-state index is 0.00890. The van der Waals surface area contributed by atoms with Crippen LogP contribution in [-0.2, 0) is 10.0 Å². The first-order valence-electron chi connectivity index (χ1n) is 9.88. The van der Waals surface area contributed by atoms with Crippen LogP contribution in [0.3, 0.4) is 0 Å². The van der Waals surface area contributed by atoms with Gasteiger partial charge in [0.05, 0.1) is 14.2 Å². The van der Waals surface area contributed by atoms with Gasteiger partial charge < -0.3 is 19.1 Å². The Hall–Kier alpha value is -2.59. The molecule has 1 aliphatic rings. The summed E-state index contributed by atoms with van der Waals surface area (Å²) in [5, 5.41) is 0. The first-order chi connectivity index (χ1) is 14.4. The number of ether oxygens (including phenoxy) is 3. The summed E-state index contributed by atoms with van der Waals surface area (Å²) >= 11 is 0. The van der Waals surface area contributed by atoms with Crippen LogP contribution in [0.15, 0.2) is 29.2 Å². The molecule has 2 aromatic rings. The molecule has 0 unspecified atom stereocenters. The summed E-state index contributed by atoms with van der Waals surface area (Å²) in [6, 6.07) is 6.41. The van der Waals surface area contributed by atoms with E-state index in [2.05, 4.69) is 19.6 Å². The number of methoxy groups -OCH3 is 2. The lowest BCUT2D eigenvalue weighted by Crippen LogP contribution is -2.30. The number of aromatic nitrogens is 2. The van der Waals surface area contributed by atoms with Crippen LogP contribution >= 0.6 is 0 Å². The predicted octanol–water partition coefficient (Wildman–Crippen LogP) is 2.15. The number of benzene rings is 1. The van der Waals surface area contributed by atoms with E-state index in [1.54, 1.807) is 18.2 Å². The van der Waals surface area contributed by atoms with Gasteiger partial charge in [0.25, 0.3) is 0 Å². The van der Waals surface area contributed by atoms with E-state index in [9.17, 15) is 8.42 Å². The van der Waals surface area contributed by atoms with Crippen molar-refractivity contribution in [3.8, 4) is 17.4 Å². The molecule has 0 radical (unpaired) electrons. The van der Waals surface area contributed by atoms with Gasteiger partial charge in [-0.25, -0.2) is 18.1 Å². The molecule has 0 bridgehead atoms. The van der Waals surface area contributed by atoms with Gasteiger partial charge in [0.2, 0.25) is 15.9 Å². The Bertz CT molecular complexity index is 962. The second kappa shape index (κ2) is 9.94. The standard InChI is InChI=1S/C20H28N4O5S/c1-15-22-19(24-10-5-4-6-11-24)14-20(23-15)29-12-9-21-30(25,26)18-13-16(27-2)7-8-17(18)28-3/h7-8,13-14,21H,4-6,9-12H2,1-3H3. The molecule has 1 fully saturated rings.